The Balaban J connectivity index is 0.000000532. The number of amides is 4. The Morgan fingerprint density at radius 3 is 1.79 bits per heavy atom. The van der Waals surface area contributed by atoms with Gasteiger partial charge in [0.15, 0.2) is 6.04 Å². The van der Waals surface area contributed by atoms with Crippen molar-refractivity contribution in [2.45, 2.75) is 59.2 Å². The lowest BCUT2D eigenvalue weighted by atomic mass is 9.78. The summed E-state index contributed by atoms with van der Waals surface area (Å²) in [6.07, 6.45) is -2.71. The molecule has 3 aliphatic heterocycles. The summed E-state index contributed by atoms with van der Waals surface area (Å²) >= 11 is 0. The number of aliphatic carboxylic acids is 2. The minimum absolute atomic E-state index is 0.0265. The van der Waals surface area contributed by atoms with Crippen molar-refractivity contribution in [2.24, 2.45) is 28.6 Å². The second-order valence-corrected chi connectivity index (χ2v) is 11.8. The molecule has 0 spiro atoms. The lowest BCUT2D eigenvalue weighted by Gasteiger charge is -2.47. The summed E-state index contributed by atoms with van der Waals surface area (Å²) in [5.74, 6) is -4.47. The molecule has 2 atom stereocenters. The Bertz CT molecular complexity index is 988. The highest BCUT2D eigenvalue weighted by atomic mass is 19.4. The number of carboxylic acid groups (broad SMARTS) is 2. The molecule has 1 saturated carbocycles. The third kappa shape index (κ3) is 5.99. The van der Waals surface area contributed by atoms with Crippen molar-refractivity contribution < 1.29 is 47.4 Å². The number of carbonyl (C=O) groups is 5. The van der Waals surface area contributed by atoms with E-state index in [1.54, 1.807) is 4.90 Å². The number of rotatable bonds is 4. The van der Waals surface area contributed by atoms with Gasteiger partial charge in [-0.25, -0.2) is 19.3 Å². The number of likely N-dealkylation sites (tertiary alicyclic amines) is 1. The number of hydrogen-bond acceptors (Lipinski definition) is 6. The molecule has 3 heterocycles. The number of piperazine rings is 1. The molecule has 0 aromatic rings. The standard InChI is InChI=1S/C23H36N4O5.C2HF3O2/c1-22(2)17(23(22,3)4)19(29)25-9-11-26(12-10-25)21(32)27-16(20(30)31)15(18(27)28)13-14-5-7-24-8-6-14;3-2(4,5)1(6)7/h14-17,24H,5-13H2,1-4H3,(H,30,31);(H,6,7)/t15-,16+;/m1./s1. The van der Waals surface area contributed by atoms with Crippen LogP contribution in [0.25, 0.3) is 0 Å². The number of β-lactam (4-membered cyclic amide) rings is 1. The van der Waals surface area contributed by atoms with E-state index in [4.69, 9.17) is 9.90 Å². The molecule has 0 radical (unpaired) electrons. The molecule has 3 N–H and O–H groups in total. The first kappa shape index (κ1) is 30.6. The minimum Gasteiger partial charge on any atom is -0.480 e. The van der Waals surface area contributed by atoms with E-state index in [2.05, 4.69) is 33.0 Å². The van der Waals surface area contributed by atoms with Crippen LogP contribution in [0.2, 0.25) is 0 Å². The van der Waals surface area contributed by atoms with Crippen LogP contribution in [0.1, 0.15) is 47.0 Å². The van der Waals surface area contributed by atoms with Crippen molar-refractivity contribution in [3.8, 4) is 0 Å². The maximum absolute atomic E-state index is 13.0. The van der Waals surface area contributed by atoms with Crippen molar-refractivity contribution in [1.29, 1.82) is 0 Å². The number of nitrogens with zero attached hydrogens (tertiary/aromatic N) is 3. The summed E-state index contributed by atoms with van der Waals surface area (Å²) in [4.78, 5) is 63.8. The molecule has 220 valence electrons. The summed E-state index contributed by atoms with van der Waals surface area (Å²) in [6, 6.07) is -1.62. The number of carbonyl (C=O) groups excluding carboxylic acids is 3. The minimum atomic E-state index is -5.08. The monoisotopic (exact) mass is 562 g/mol. The first-order valence-corrected chi connectivity index (χ1v) is 13.1. The van der Waals surface area contributed by atoms with Gasteiger partial charge in [0.1, 0.15) is 0 Å². The molecule has 11 nitrogen and oxygen atoms in total. The predicted molar refractivity (Wildman–Crippen MR) is 130 cm³/mol. The summed E-state index contributed by atoms with van der Waals surface area (Å²) in [7, 11) is 0. The fourth-order valence-electron chi connectivity index (χ4n) is 6.02. The third-order valence-electron chi connectivity index (χ3n) is 9.09. The Kier molecular flexibility index (Phi) is 8.59. The fraction of sp³-hybridized carbons (Fsp3) is 0.800. The number of piperidine rings is 1. The van der Waals surface area contributed by atoms with Gasteiger partial charge in [-0.3, -0.25) is 9.59 Å². The maximum atomic E-state index is 13.0. The SMILES string of the molecule is CC1(C)C(C(=O)N2CCN(C(=O)N3C(=O)[C@H](CC4CCNCC4)[C@H]3C(=O)O)CC2)C1(C)C.O=C(O)C(F)(F)F. The van der Waals surface area contributed by atoms with Gasteiger partial charge in [-0.15, -0.1) is 0 Å². The van der Waals surface area contributed by atoms with E-state index in [0.717, 1.165) is 30.8 Å². The van der Waals surface area contributed by atoms with E-state index in [-0.39, 0.29) is 28.6 Å². The normalized spacial score (nSPS) is 26.7. The van der Waals surface area contributed by atoms with E-state index < -0.39 is 36.1 Å². The average molecular weight is 563 g/mol. The highest BCUT2D eigenvalue weighted by Gasteiger charge is 2.69. The van der Waals surface area contributed by atoms with Crippen LogP contribution in [0.15, 0.2) is 0 Å². The first-order chi connectivity index (χ1) is 17.9. The quantitative estimate of drug-likeness (QED) is 0.440. The zero-order chi connectivity index (χ0) is 29.5. The van der Waals surface area contributed by atoms with Crippen molar-refractivity contribution >= 4 is 29.8 Å². The summed E-state index contributed by atoms with van der Waals surface area (Å²) in [6.45, 7) is 11.6. The van der Waals surface area contributed by atoms with Crippen LogP contribution in [-0.4, -0.2) is 106 Å². The molecule has 1 aliphatic carbocycles. The van der Waals surface area contributed by atoms with E-state index in [0.29, 0.717) is 38.5 Å². The predicted octanol–water partition coefficient (Wildman–Crippen LogP) is 1.87. The van der Waals surface area contributed by atoms with Crippen molar-refractivity contribution in [3.05, 3.63) is 0 Å². The Morgan fingerprint density at radius 2 is 1.38 bits per heavy atom. The van der Waals surface area contributed by atoms with Gasteiger partial charge in [-0.1, -0.05) is 27.7 Å². The number of urea groups is 1. The topological polar surface area (TPSA) is 148 Å². The van der Waals surface area contributed by atoms with Crippen LogP contribution in [0.5, 0.6) is 0 Å². The van der Waals surface area contributed by atoms with Gasteiger partial charge in [0, 0.05) is 32.1 Å². The molecule has 0 aromatic heterocycles. The summed E-state index contributed by atoms with van der Waals surface area (Å²) < 4.78 is 31.7. The molecule has 4 rings (SSSR count). The molecule has 4 amide bonds. The van der Waals surface area contributed by atoms with Crippen LogP contribution in [0, 0.1) is 28.6 Å². The Labute approximate surface area is 224 Å². The van der Waals surface area contributed by atoms with Crippen LogP contribution < -0.4 is 5.32 Å². The van der Waals surface area contributed by atoms with Crippen LogP contribution in [0.3, 0.4) is 0 Å². The number of nitrogens with one attached hydrogen (secondary N) is 1. The zero-order valence-electron chi connectivity index (χ0n) is 22.6. The van der Waals surface area contributed by atoms with Crippen molar-refractivity contribution in [1.82, 2.24) is 20.0 Å². The van der Waals surface area contributed by atoms with Crippen molar-refractivity contribution in [3.63, 3.8) is 0 Å². The summed E-state index contributed by atoms with van der Waals surface area (Å²) in [5, 5.41) is 20.1. The number of halogens is 3. The maximum Gasteiger partial charge on any atom is 0.490 e. The van der Waals surface area contributed by atoms with Gasteiger partial charge < -0.3 is 25.3 Å². The highest BCUT2D eigenvalue weighted by molar-refractivity contribution is 6.07. The molecule has 14 heteroatoms. The van der Waals surface area contributed by atoms with Gasteiger partial charge in [0.25, 0.3) is 0 Å². The van der Waals surface area contributed by atoms with Gasteiger partial charge in [0.2, 0.25) is 11.8 Å². The molecule has 0 bridgehead atoms. The van der Waals surface area contributed by atoms with Gasteiger partial charge in [-0.05, 0) is 49.1 Å². The Hall–Kier alpha value is -2.90. The Morgan fingerprint density at radius 1 is 0.923 bits per heavy atom. The van der Waals surface area contributed by atoms with E-state index in [1.165, 1.54) is 4.90 Å². The molecule has 3 saturated heterocycles. The second kappa shape index (κ2) is 10.9. The summed E-state index contributed by atoms with van der Waals surface area (Å²) in [5.41, 5.74) is -0.0849. The number of hydrogen-bond donors (Lipinski definition) is 3. The molecule has 0 unspecified atom stereocenters. The van der Waals surface area contributed by atoms with Crippen molar-refractivity contribution in [2.75, 3.05) is 39.3 Å². The molecule has 4 aliphatic rings. The molecule has 0 aromatic carbocycles. The number of carboxylic acids is 2. The van der Waals surface area contributed by atoms with Crippen LogP contribution >= 0.6 is 0 Å². The third-order valence-corrected chi connectivity index (χ3v) is 9.09. The average Bonchev–Trinajstić information content (AvgIpc) is 3.27. The largest absolute Gasteiger partial charge is 0.490 e. The van der Waals surface area contributed by atoms with Gasteiger partial charge >= 0.3 is 24.1 Å². The molecular weight excluding hydrogens is 525 g/mol. The number of imide groups is 1. The van der Waals surface area contributed by atoms with Crippen LogP contribution in [0.4, 0.5) is 18.0 Å². The first-order valence-electron chi connectivity index (χ1n) is 13.1. The van der Waals surface area contributed by atoms with E-state index in [9.17, 15) is 37.5 Å². The van der Waals surface area contributed by atoms with E-state index >= 15 is 0 Å². The second-order valence-electron chi connectivity index (χ2n) is 11.8. The molecule has 4 fully saturated rings. The van der Waals surface area contributed by atoms with E-state index in [1.807, 2.05) is 0 Å². The zero-order valence-corrected chi connectivity index (χ0v) is 22.6. The van der Waals surface area contributed by atoms with Gasteiger partial charge in [-0.2, -0.15) is 13.2 Å². The van der Waals surface area contributed by atoms with Crippen LogP contribution in [-0.2, 0) is 19.2 Å². The fourth-order valence-corrected chi connectivity index (χ4v) is 6.02. The lowest BCUT2D eigenvalue weighted by molar-refractivity contribution is -0.192. The lowest BCUT2D eigenvalue weighted by Crippen LogP contribution is -2.69. The molecule has 39 heavy (non-hydrogen) atoms. The highest BCUT2D eigenvalue weighted by Crippen LogP contribution is 2.68. The molecular formula is C25H37F3N4O7. The smallest absolute Gasteiger partial charge is 0.480 e. The van der Waals surface area contributed by atoms with Gasteiger partial charge in [0.05, 0.1) is 5.92 Å². The number of alkyl halides is 3.